The minimum atomic E-state index is 0.241. The molecule has 1 rings (SSSR count). The molecular weight excluding hydrogens is 232 g/mol. The van der Waals surface area contributed by atoms with Crippen molar-refractivity contribution in [1.82, 2.24) is 10.6 Å². The fraction of sp³-hybridized carbons (Fsp3) is 0.647. The lowest BCUT2D eigenvalue weighted by Crippen LogP contribution is -2.37. The van der Waals surface area contributed by atoms with Gasteiger partial charge in [0.05, 0.1) is 0 Å². The van der Waals surface area contributed by atoms with Crippen molar-refractivity contribution in [3.8, 4) is 0 Å². The summed E-state index contributed by atoms with van der Waals surface area (Å²) in [4.78, 5) is 0. The van der Waals surface area contributed by atoms with Gasteiger partial charge in [-0.15, -0.1) is 0 Å². The summed E-state index contributed by atoms with van der Waals surface area (Å²) in [5.41, 5.74) is 3.06. The van der Waals surface area contributed by atoms with E-state index in [0.29, 0.717) is 0 Å². The first kappa shape index (κ1) is 16.2. The van der Waals surface area contributed by atoms with Crippen LogP contribution in [-0.2, 0) is 6.42 Å². The predicted molar refractivity (Wildman–Crippen MR) is 84.7 cm³/mol. The van der Waals surface area contributed by atoms with Gasteiger partial charge < -0.3 is 10.6 Å². The van der Waals surface area contributed by atoms with Crippen LogP contribution in [0.4, 0.5) is 0 Å². The molecule has 19 heavy (non-hydrogen) atoms. The Kier molecular flexibility index (Phi) is 7.11. The van der Waals surface area contributed by atoms with Crippen molar-refractivity contribution >= 4 is 0 Å². The highest BCUT2D eigenvalue weighted by Crippen LogP contribution is 2.05. The highest BCUT2D eigenvalue weighted by atomic mass is 14.9. The van der Waals surface area contributed by atoms with Crippen molar-refractivity contribution in [1.29, 1.82) is 0 Å². The van der Waals surface area contributed by atoms with E-state index in [0.717, 1.165) is 19.6 Å². The summed E-state index contributed by atoms with van der Waals surface area (Å²) < 4.78 is 0. The molecule has 0 aliphatic rings. The standard InChI is InChI=1S/C17H30N2/c1-15-8-5-9-16(14-15)10-6-11-18-12-7-13-19-17(2,3)4/h5,8-9,14,18-19H,6-7,10-13H2,1-4H3. The Morgan fingerprint density at radius 1 is 1.00 bits per heavy atom. The van der Waals surface area contributed by atoms with Gasteiger partial charge in [-0.1, -0.05) is 29.8 Å². The Morgan fingerprint density at radius 3 is 2.42 bits per heavy atom. The second-order valence-corrected chi connectivity index (χ2v) is 6.37. The van der Waals surface area contributed by atoms with Crippen LogP contribution in [0.15, 0.2) is 24.3 Å². The van der Waals surface area contributed by atoms with Gasteiger partial charge in [-0.3, -0.25) is 0 Å². The van der Waals surface area contributed by atoms with E-state index in [4.69, 9.17) is 0 Å². The maximum atomic E-state index is 3.52. The molecular formula is C17H30N2. The van der Waals surface area contributed by atoms with Crippen LogP contribution in [0.5, 0.6) is 0 Å². The highest BCUT2D eigenvalue weighted by Gasteiger charge is 2.06. The minimum absolute atomic E-state index is 0.241. The van der Waals surface area contributed by atoms with Crippen LogP contribution in [0, 0.1) is 6.92 Å². The van der Waals surface area contributed by atoms with Crippen LogP contribution in [-0.4, -0.2) is 25.2 Å². The molecule has 0 radical (unpaired) electrons. The lowest BCUT2D eigenvalue weighted by Gasteiger charge is -2.20. The van der Waals surface area contributed by atoms with Crippen LogP contribution < -0.4 is 10.6 Å². The van der Waals surface area contributed by atoms with Crippen LogP contribution >= 0.6 is 0 Å². The van der Waals surface area contributed by atoms with E-state index < -0.39 is 0 Å². The topological polar surface area (TPSA) is 24.1 Å². The SMILES string of the molecule is Cc1cccc(CCCNCCCNC(C)(C)C)c1. The molecule has 0 fully saturated rings. The van der Waals surface area contributed by atoms with Gasteiger partial charge in [-0.2, -0.15) is 0 Å². The maximum absolute atomic E-state index is 3.52. The third-order valence-corrected chi connectivity index (χ3v) is 3.09. The number of aryl methyl sites for hydroxylation is 2. The maximum Gasteiger partial charge on any atom is 0.00965 e. The van der Waals surface area contributed by atoms with Crippen molar-refractivity contribution in [2.24, 2.45) is 0 Å². The summed E-state index contributed by atoms with van der Waals surface area (Å²) in [6.45, 7) is 12.1. The molecule has 2 heteroatoms. The smallest absolute Gasteiger partial charge is 0.00965 e. The van der Waals surface area contributed by atoms with Crippen LogP contribution in [0.1, 0.15) is 44.7 Å². The zero-order valence-electron chi connectivity index (χ0n) is 13.1. The minimum Gasteiger partial charge on any atom is -0.317 e. The summed E-state index contributed by atoms with van der Waals surface area (Å²) in [6.07, 6.45) is 3.59. The Hall–Kier alpha value is -0.860. The largest absolute Gasteiger partial charge is 0.317 e. The Labute approximate surface area is 119 Å². The van der Waals surface area contributed by atoms with Gasteiger partial charge in [0.25, 0.3) is 0 Å². The van der Waals surface area contributed by atoms with Gasteiger partial charge in [0.1, 0.15) is 0 Å². The van der Waals surface area contributed by atoms with Gasteiger partial charge in [0.15, 0.2) is 0 Å². The number of nitrogens with one attached hydrogen (secondary N) is 2. The molecule has 0 atom stereocenters. The zero-order chi connectivity index (χ0) is 14.1. The predicted octanol–water partition coefficient (Wildman–Crippen LogP) is 3.30. The lowest BCUT2D eigenvalue weighted by molar-refractivity contribution is 0.418. The molecule has 0 aliphatic heterocycles. The molecule has 1 aromatic carbocycles. The Morgan fingerprint density at radius 2 is 1.74 bits per heavy atom. The van der Waals surface area contributed by atoms with Gasteiger partial charge in [-0.05, 0) is 72.2 Å². The summed E-state index contributed by atoms with van der Waals surface area (Å²) in [7, 11) is 0. The number of rotatable bonds is 8. The molecule has 1 aromatic rings. The van der Waals surface area contributed by atoms with Gasteiger partial charge in [0.2, 0.25) is 0 Å². The molecule has 0 amide bonds. The Bertz CT molecular complexity index is 353. The van der Waals surface area contributed by atoms with E-state index in [9.17, 15) is 0 Å². The second kappa shape index (κ2) is 8.34. The van der Waals surface area contributed by atoms with Crippen molar-refractivity contribution in [2.45, 2.75) is 52.5 Å². The van der Waals surface area contributed by atoms with Crippen LogP contribution in [0.3, 0.4) is 0 Å². The van der Waals surface area contributed by atoms with E-state index in [1.165, 1.54) is 30.4 Å². The number of hydrogen-bond acceptors (Lipinski definition) is 2. The molecule has 0 saturated carbocycles. The molecule has 0 spiro atoms. The third-order valence-electron chi connectivity index (χ3n) is 3.09. The van der Waals surface area contributed by atoms with Gasteiger partial charge in [-0.25, -0.2) is 0 Å². The monoisotopic (exact) mass is 262 g/mol. The van der Waals surface area contributed by atoms with E-state index in [1.54, 1.807) is 0 Å². The number of hydrogen-bond donors (Lipinski definition) is 2. The average Bonchev–Trinajstić information content (AvgIpc) is 2.31. The van der Waals surface area contributed by atoms with Crippen LogP contribution in [0.25, 0.3) is 0 Å². The fourth-order valence-corrected chi connectivity index (χ4v) is 2.09. The van der Waals surface area contributed by atoms with Crippen molar-refractivity contribution < 1.29 is 0 Å². The summed E-state index contributed by atoms with van der Waals surface area (Å²) in [6, 6.07) is 8.81. The first-order chi connectivity index (χ1) is 8.97. The van der Waals surface area contributed by atoms with Crippen molar-refractivity contribution in [2.75, 3.05) is 19.6 Å². The van der Waals surface area contributed by atoms with E-state index >= 15 is 0 Å². The van der Waals surface area contributed by atoms with Crippen molar-refractivity contribution in [3.63, 3.8) is 0 Å². The lowest BCUT2D eigenvalue weighted by atomic mass is 10.1. The molecule has 2 N–H and O–H groups in total. The summed E-state index contributed by atoms with van der Waals surface area (Å²) in [5.74, 6) is 0. The molecule has 108 valence electrons. The molecule has 2 nitrogen and oxygen atoms in total. The zero-order valence-corrected chi connectivity index (χ0v) is 13.1. The first-order valence-corrected chi connectivity index (χ1v) is 7.49. The molecule has 0 heterocycles. The normalized spacial score (nSPS) is 11.8. The van der Waals surface area contributed by atoms with E-state index in [1.807, 2.05) is 0 Å². The average molecular weight is 262 g/mol. The van der Waals surface area contributed by atoms with Gasteiger partial charge >= 0.3 is 0 Å². The quantitative estimate of drug-likeness (QED) is 0.703. The molecule has 0 aromatic heterocycles. The molecule has 0 saturated heterocycles. The molecule has 0 aliphatic carbocycles. The highest BCUT2D eigenvalue weighted by molar-refractivity contribution is 5.22. The third kappa shape index (κ3) is 8.79. The fourth-order valence-electron chi connectivity index (χ4n) is 2.09. The molecule has 0 unspecified atom stereocenters. The van der Waals surface area contributed by atoms with Gasteiger partial charge in [0, 0.05) is 5.54 Å². The second-order valence-electron chi connectivity index (χ2n) is 6.37. The summed E-state index contributed by atoms with van der Waals surface area (Å²) >= 11 is 0. The Balaban J connectivity index is 1.97. The van der Waals surface area contributed by atoms with Crippen LogP contribution in [0.2, 0.25) is 0 Å². The van der Waals surface area contributed by atoms with Crippen molar-refractivity contribution in [3.05, 3.63) is 35.4 Å². The number of benzene rings is 1. The molecule has 0 bridgehead atoms. The van der Waals surface area contributed by atoms with E-state index in [-0.39, 0.29) is 5.54 Å². The summed E-state index contributed by atoms with van der Waals surface area (Å²) in [5, 5.41) is 7.02. The first-order valence-electron chi connectivity index (χ1n) is 7.49. The van der Waals surface area contributed by atoms with E-state index in [2.05, 4.69) is 62.6 Å².